The minimum absolute atomic E-state index is 0.255. The summed E-state index contributed by atoms with van der Waals surface area (Å²) in [6.45, 7) is 5.27. The number of nitrogens with zero attached hydrogens (tertiary/aromatic N) is 2. The summed E-state index contributed by atoms with van der Waals surface area (Å²) in [5.41, 5.74) is 2.42. The van der Waals surface area contributed by atoms with Crippen LogP contribution in [0, 0.1) is 5.82 Å². The largest absolute Gasteiger partial charge is 0.482 e. The Morgan fingerprint density at radius 2 is 2.19 bits per heavy atom. The van der Waals surface area contributed by atoms with Gasteiger partial charge in [-0.25, -0.2) is 4.39 Å². The molecule has 0 aliphatic carbocycles. The van der Waals surface area contributed by atoms with Crippen LogP contribution >= 0.6 is 0 Å². The van der Waals surface area contributed by atoms with Gasteiger partial charge in [0.05, 0.1) is 11.9 Å². The van der Waals surface area contributed by atoms with Crippen molar-refractivity contribution in [2.75, 3.05) is 19.6 Å². The Hall–Kier alpha value is -1.88. The lowest BCUT2D eigenvalue weighted by atomic mass is 9.81. The van der Waals surface area contributed by atoms with Crippen LogP contribution in [0.15, 0.2) is 24.4 Å². The molecule has 1 fully saturated rings. The molecule has 4 rings (SSSR count). The first kappa shape index (κ1) is 12.8. The van der Waals surface area contributed by atoms with Gasteiger partial charge in [0.15, 0.2) is 0 Å². The number of aromatic nitrogens is 2. The fraction of sp³-hybridized carbons (Fsp3) is 0.438. The van der Waals surface area contributed by atoms with Crippen LogP contribution < -0.4 is 4.74 Å². The molecule has 1 spiro atoms. The van der Waals surface area contributed by atoms with Crippen molar-refractivity contribution in [2.45, 2.75) is 25.4 Å². The quantitative estimate of drug-likeness (QED) is 0.877. The third-order valence-electron chi connectivity index (χ3n) is 4.76. The van der Waals surface area contributed by atoms with E-state index in [0.29, 0.717) is 0 Å². The fourth-order valence-electron chi connectivity index (χ4n) is 3.49. The Balaban J connectivity index is 1.79. The van der Waals surface area contributed by atoms with E-state index >= 15 is 0 Å². The lowest BCUT2D eigenvalue weighted by Crippen LogP contribution is -2.47. The molecule has 0 bridgehead atoms. The Kier molecular flexibility index (Phi) is 2.79. The van der Waals surface area contributed by atoms with Crippen LogP contribution in [0.5, 0.6) is 5.75 Å². The van der Waals surface area contributed by atoms with Crippen molar-refractivity contribution >= 4 is 0 Å². The molecule has 3 heterocycles. The minimum Gasteiger partial charge on any atom is -0.482 e. The smallest absolute Gasteiger partial charge is 0.140 e. The number of nitrogens with one attached hydrogen (secondary N) is 1. The van der Waals surface area contributed by atoms with Gasteiger partial charge in [-0.3, -0.25) is 5.10 Å². The zero-order valence-electron chi connectivity index (χ0n) is 12.0. The highest BCUT2D eigenvalue weighted by Gasteiger charge is 2.44. The molecule has 4 nitrogen and oxygen atoms in total. The lowest BCUT2D eigenvalue weighted by molar-refractivity contribution is -0.00338. The summed E-state index contributed by atoms with van der Waals surface area (Å²) < 4.78 is 19.9. The Labute approximate surface area is 122 Å². The maximum absolute atomic E-state index is 13.5. The highest BCUT2D eigenvalue weighted by atomic mass is 19.1. The molecule has 0 amide bonds. The molecule has 1 aromatic carbocycles. The van der Waals surface area contributed by atoms with Crippen LogP contribution in [0.3, 0.4) is 0 Å². The molecular weight excluding hydrogens is 269 g/mol. The molecule has 2 aliphatic rings. The van der Waals surface area contributed by atoms with E-state index in [4.69, 9.17) is 4.74 Å². The molecule has 1 aromatic heterocycles. The van der Waals surface area contributed by atoms with E-state index in [1.807, 2.05) is 6.20 Å². The molecule has 1 saturated heterocycles. The molecule has 110 valence electrons. The molecule has 0 unspecified atom stereocenters. The highest BCUT2D eigenvalue weighted by Crippen LogP contribution is 2.48. The summed E-state index contributed by atoms with van der Waals surface area (Å²) in [4.78, 5) is 2.43. The predicted molar refractivity (Wildman–Crippen MR) is 77.6 cm³/mol. The Bertz CT molecular complexity index is 674. The summed E-state index contributed by atoms with van der Waals surface area (Å²) in [7, 11) is 0. The van der Waals surface area contributed by atoms with Gasteiger partial charge >= 0.3 is 0 Å². The molecule has 0 saturated carbocycles. The van der Waals surface area contributed by atoms with Crippen LogP contribution in [0.1, 0.15) is 25.3 Å². The number of hydrogen-bond acceptors (Lipinski definition) is 3. The van der Waals surface area contributed by atoms with Gasteiger partial charge in [-0.2, -0.15) is 5.10 Å². The highest BCUT2D eigenvalue weighted by molar-refractivity contribution is 5.73. The van der Waals surface area contributed by atoms with E-state index in [-0.39, 0.29) is 11.4 Å². The molecule has 1 N–H and O–H groups in total. The average Bonchev–Trinajstić information content (AvgIpc) is 3.00. The number of benzene rings is 1. The zero-order valence-corrected chi connectivity index (χ0v) is 12.0. The van der Waals surface area contributed by atoms with E-state index in [0.717, 1.165) is 55.0 Å². The molecule has 0 atom stereocenters. The summed E-state index contributed by atoms with van der Waals surface area (Å²) in [5.74, 6) is 0.493. The number of piperidine rings is 1. The summed E-state index contributed by atoms with van der Waals surface area (Å²) in [6, 6.07) is 4.69. The number of hydrogen-bond donors (Lipinski definition) is 1. The Morgan fingerprint density at radius 1 is 1.38 bits per heavy atom. The maximum Gasteiger partial charge on any atom is 0.140 e. The SMILES string of the molecule is CCN1CCC2(CC1)Oc1ccc(F)cc1-c1[nH]ncc12. The predicted octanol–water partition coefficient (Wildman–Crippen LogP) is 2.92. The third kappa shape index (κ3) is 1.87. The number of ether oxygens (including phenoxy) is 1. The monoisotopic (exact) mass is 287 g/mol. The number of likely N-dealkylation sites (tertiary alicyclic amines) is 1. The van der Waals surface area contributed by atoms with Crippen molar-refractivity contribution in [3.63, 3.8) is 0 Å². The van der Waals surface area contributed by atoms with Crippen molar-refractivity contribution in [2.24, 2.45) is 0 Å². The van der Waals surface area contributed by atoms with Gasteiger partial charge < -0.3 is 9.64 Å². The molecule has 5 heteroatoms. The van der Waals surface area contributed by atoms with Gasteiger partial charge in [0.25, 0.3) is 0 Å². The van der Waals surface area contributed by atoms with Gasteiger partial charge in [0, 0.05) is 37.1 Å². The Morgan fingerprint density at radius 3 is 2.95 bits per heavy atom. The van der Waals surface area contributed by atoms with Gasteiger partial charge in [-0.15, -0.1) is 0 Å². The fourth-order valence-corrected chi connectivity index (χ4v) is 3.49. The number of aromatic amines is 1. The lowest BCUT2D eigenvalue weighted by Gasteiger charge is -2.44. The maximum atomic E-state index is 13.5. The second kappa shape index (κ2) is 4.56. The number of halogens is 1. The van der Waals surface area contributed by atoms with Crippen molar-refractivity contribution < 1.29 is 9.13 Å². The topological polar surface area (TPSA) is 41.1 Å². The van der Waals surface area contributed by atoms with Crippen LogP contribution in [0.4, 0.5) is 4.39 Å². The van der Waals surface area contributed by atoms with E-state index in [1.54, 1.807) is 6.07 Å². The molecule has 21 heavy (non-hydrogen) atoms. The van der Waals surface area contributed by atoms with E-state index in [1.165, 1.54) is 12.1 Å². The first-order valence-corrected chi connectivity index (χ1v) is 7.47. The second-order valence-corrected chi connectivity index (χ2v) is 5.83. The first-order chi connectivity index (χ1) is 10.2. The third-order valence-corrected chi connectivity index (χ3v) is 4.76. The van der Waals surface area contributed by atoms with Crippen LogP contribution in [-0.2, 0) is 5.60 Å². The van der Waals surface area contributed by atoms with Gasteiger partial charge in [-0.1, -0.05) is 6.92 Å². The number of fused-ring (bicyclic) bond motifs is 4. The summed E-state index contributed by atoms with van der Waals surface area (Å²) in [5, 5.41) is 7.21. The minimum atomic E-state index is -0.321. The van der Waals surface area contributed by atoms with Crippen molar-refractivity contribution in [1.29, 1.82) is 0 Å². The van der Waals surface area contributed by atoms with Crippen LogP contribution in [0.2, 0.25) is 0 Å². The first-order valence-electron chi connectivity index (χ1n) is 7.47. The molecule has 0 radical (unpaired) electrons. The van der Waals surface area contributed by atoms with E-state index in [2.05, 4.69) is 22.0 Å². The zero-order chi connectivity index (χ0) is 14.4. The molecular formula is C16H18FN3O. The van der Waals surface area contributed by atoms with Crippen LogP contribution in [-0.4, -0.2) is 34.7 Å². The number of rotatable bonds is 1. The standard InChI is InChI=1S/C16H18FN3O/c1-2-20-7-5-16(6-8-20)13-10-18-19-15(13)12-9-11(17)3-4-14(12)21-16/h3-4,9-10H,2,5-8H2,1H3,(H,18,19). The van der Waals surface area contributed by atoms with Crippen molar-refractivity contribution in [3.05, 3.63) is 35.8 Å². The van der Waals surface area contributed by atoms with Crippen molar-refractivity contribution in [3.8, 4) is 17.0 Å². The average molecular weight is 287 g/mol. The second-order valence-electron chi connectivity index (χ2n) is 5.83. The summed E-state index contributed by atoms with van der Waals surface area (Å²) in [6.07, 6.45) is 3.71. The van der Waals surface area contributed by atoms with Gasteiger partial charge in [0.2, 0.25) is 0 Å². The van der Waals surface area contributed by atoms with E-state index < -0.39 is 0 Å². The van der Waals surface area contributed by atoms with Crippen LogP contribution in [0.25, 0.3) is 11.3 Å². The van der Waals surface area contributed by atoms with Crippen molar-refractivity contribution in [1.82, 2.24) is 15.1 Å². The number of H-pyrrole nitrogens is 1. The molecule has 2 aliphatic heterocycles. The van der Waals surface area contributed by atoms with Gasteiger partial charge in [0.1, 0.15) is 17.2 Å². The van der Waals surface area contributed by atoms with Gasteiger partial charge in [-0.05, 0) is 24.7 Å². The van der Waals surface area contributed by atoms with E-state index in [9.17, 15) is 4.39 Å². The normalized spacial score (nSPS) is 19.9. The summed E-state index contributed by atoms with van der Waals surface area (Å²) >= 11 is 0. The molecule has 2 aromatic rings.